The van der Waals surface area contributed by atoms with Crippen LogP contribution in [0.25, 0.3) is 15.9 Å². The van der Waals surface area contributed by atoms with Crippen LogP contribution < -0.4 is 20.8 Å². The largest absolute Gasteiger partial charge is 0.497 e. The lowest BCUT2D eigenvalue weighted by Gasteiger charge is -2.07. The molecule has 3 rings (SSSR count). The van der Waals surface area contributed by atoms with E-state index in [9.17, 15) is 14.4 Å². The van der Waals surface area contributed by atoms with E-state index in [-0.39, 0.29) is 17.7 Å². The van der Waals surface area contributed by atoms with Gasteiger partial charge in [-0.3, -0.25) is 14.4 Å². The summed E-state index contributed by atoms with van der Waals surface area (Å²) in [6, 6.07) is 17.3. The van der Waals surface area contributed by atoms with Crippen LogP contribution in [0, 0.1) is 6.07 Å². The Morgan fingerprint density at radius 1 is 1.06 bits per heavy atom. The molecule has 3 aromatic rings. The number of rotatable bonds is 9. The van der Waals surface area contributed by atoms with Crippen molar-refractivity contribution in [2.24, 2.45) is 0 Å². The fourth-order valence-corrected chi connectivity index (χ4v) is 3.38. The average Bonchev–Trinajstić information content (AvgIpc) is 3.24. The Morgan fingerprint density at radius 3 is 2.68 bits per heavy atom. The van der Waals surface area contributed by atoms with Gasteiger partial charge in [0.1, 0.15) is 11.3 Å². The van der Waals surface area contributed by atoms with E-state index in [4.69, 9.17) is 4.74 Å². The number of ether oxygens (including phenoxy) is 1. The van der Waals surface area contributed by atoms with E-state index in [1.54, 1.807) is 25.3 Å². The summed E-state index contributed by atoms with van der Waals surface area (Å²) in [6.07, 6.45) is 3.00. The van der Waals surface area contributed by atoms with Crippen LogP contribution in [-0.4, -0.2) is 42.5 Å². The SMILES string of the molecule is COc1cccc(C#[N+]NC(=O)c2ccc3c(ccn3CCCC(=O)NCCNC(C)=O)c2)c1. The number of fused-ring (bicyclic) bond motifs is 1. The van der Waals surface area contributed by atoms with Crippen LogP contribution in [0.5, 0.6) is 5.75 Å². The molecule has 0 unspecified atom stereocenters. The number of hydrogen-bond acceptors (Lipinski definition) is 4. The monoisotopic (exact) mass is 462 g/mol. The first-order valence-corrected chi connectivity index (χ1v) is 11.0. The zero-order chi connectivity index (χ0) is 24.3. The van der Waals surface area contributed by atoms with Crippen LogP contribution in [0.1, 0.15) is 35.7 Å². The summed E-state index contributed by atoms with van der Waals surface area (Å²) in [4.78, 5) is 39.1. The van der Waals surface area contributed by atoms with Crippen LogP contribution in [0.3, 0.4) is 0 Å². The first kappa shape index (κ1) is 24.3. The Bertz CT molecular complexity index is 1240. The average molecular weight is 463 g/mol. The van der Waals surface area contributed by atoms with Gasteiger partial charge in [0.2, 0.25) is 11.8 Å². The molecule has 0 radical (unpaired) electrons. The molecular formula is C25H28N5O4+. The number of methoxy groups -OCH3 is 1. The van der Waals surface area contributed by atoms with Crippen LogP contribution in [0.15, 0.2) is 54.7 Å². The number of aryl methyl sites for hydroxylation is 1. The number of carbonyl (C=O) groups is 3. The molecule has 1 aromatic heterocycles. The van der Waals surface area contributed by atoms with Crippen molar-refractivity contribution < 1.29 is 19.1 Å². The predicted octanol–water partition coefficient (Wildman–Crippen LogP) is 2.71. The van der Waals surface area contributed by atoms with Gasteiger partial charge < -0.3 is 19.9 Å². The molecule has 0 atom stereocenters. The van der Waals surface area contributed by atoms with Crippen molar-refractivity contribution in [1.29, 1.82) is 0 Å². The Hall–Kier alpha value is -4.32. The molecule has 0 saturated carbocycles. The molecule has 0 fully saturated rings. The summed E-state index contributed by atoms with van der Waals surface area (Å²) < 4.78 is 7.21. The highest BCUT2D eigenvalue weighted by molar-refractivity contribution is 5.98. The van der Waals surface area contributed by atoms with Crippen molar-refractivity contribution in [1.82, 2.24) is 20.6 Å². The van der Waals surface area contributed by atoms with Crippen molar-refractivity contribution in [3.63, 3.8) is 0 Å². The highest BCUT2D eigenvalue weighted by Gasteiger charge is 2.12. The van der Waals surface area contributed by atoms with E-state index in [0.717, 1.165) is 10.9 Å². The van der Waals surface area contributed by atoms with Gasteiger partial charge in [-0.1, -0.05) is 6.07 Å². The quantitative estimate of drug-likeness (QED) is 0.336. The second kappa shape index (κ2) is 12.1. The zero-order valence-corrected chi connectivity index (χ0v) is 19.3. The van der Waals surface area contributed by atoms with E-state index < -0.39 is 0 Å². The van der Waals surface area contributed by atoms with E-state index in [2.05, 4.69) is 31.6 Å². The number of hydrogen-bond donors (Lipinski definition) is 3. The van der Waals surface area contributed by atoms with Crippen LogP contribution in [0.2, 0.25) is 0 Å². The molecule has 9 nitrogen and oxygen atoms in total. The normalized spacial score (nSPS) is 10.2. The summed E-state index contributed by atoms with van der Waals surface area (Å²) in [6.45, 7) is 2.95. The first-order valence-electron chi connectivity index (χ1n) is 11.0. The van der Waals surface area contributed by atoms with E-state index in [1.807, 2.05) is 36.5 Å². The Balaban J connectivity index is 1.51. The second-order valence-electron chi connectivity index (χ2n) is 7.62. The summed E-state index contributed by atoms with van der Waals surface area (Å²) in [5.41, 5.74) is 4.65. The third-order valence-electron chi connectivity index (χ3n) is 5.07. The third kappa shape index (κ3) is 7.10. The minimum atomic E-state index is -0.332. The lowest BCUT2D eigenvalue weighted by Crippen LogP contribution is -2.33. The maximum Gasteiger partial charge on any atom is 0.357 e. The molecule has 3 N–H and O–H groups in total. The second-order valence-corrected chi connectivity index (χ2v) is 7.62. The molecule has 0 aliphatic carbocycles. The summed E-state index contributed by atoms with van der Waals surface area (Å²) in [5, 5.41) is 6.34. The Morgan fingerprint density at radius 2 is 1.88 bits per heavy atom. The zero-order valence-electron chi connectivity index (χ0n) is 19.3. The minimum absolute atomic E-state index is 0.0490. The fourth-order valence-electron chi connectivity index (χ4n) is 3.38. The molecule has 34 heavy (non-hydrogen) atoms. The van der Waals surface area contributed by atoms with Gasteiger partial charge in [0.05, 0.1) is 12.1 Å². The maximum absolute atomic E-state index is 12.5. The fraction of sp³-hybridized carbons (Fsp3) is 0.280. The highest BCUT2D eigenvalue weighted by Crippen LogP contribution is 2.18. The molecular weight excluding hydrogens is 434 g/mol. The predicted molar refractivity (Wildman–Crippen MR) is 130 cm³/mol. The first-order chi connectivity index (χ1) is 16.5. The van der Waals surface area contributed by atoms with Crippen LogP contribution in [-0.2, 0) is 16.1 Å². The van der Waals surface area contributed by atoms with Gasteiger partial charge in [0.25, 0.3) is 0 Å². The van der Waals surface area contributed by atoms with E-state index >= 15 is 0 Å². The van der Waals surface area contributed by atoms with Gasteiger partial charge in [0, 0.05) is 61.7 Å². The molecule has 0 saturated heterocycles. The number of carbonyl (C=O) groups excluding carboxylic acids is 3. The summed E-state index contributed by atoms with van der Waals surface area (Å²) >= 11 is 0. The van der Waals surface area contributed by atoms with Gasteiger partial charge >= 0.3 is 12.0 Å². The number of nitrogens with zero attached hydrogens (tertiary/aromatic N) is 2. The molecule has 0 bridgehead atoms. The standard InChI is InChI=1S/C25H27N5O4/c1-18(31)26-11-12-27-24(32)7-4-13-30-14-10-20-16-21(8-9-23(20)30)25(33)29-28-17-19-5-3-6-22(15-19)34-2/h3,5-6,8-10,14-16H,4,7,11-13H2,1-2H3,(H2-,26,27,29,31,32,33)/p+1. The molecule has 0 aliphatic rings. The van der Waals surface area contributed by atoms with E-state index in [0.29, 0.717) is 49.4 Å². The molecule has 3 amide bonds. The molecule has 176 valence electrons. The van der Waals surface area contributed by atoms with Gasteiger partial charge in [0.15, 0.2) is 0 Å². The van der Waals surface area contributed by atoms with Gasteiger partial charge in [-0.2, -0.15) is 0 Å². The smallest absolute Gasteiger partial charge is 0.357 e. The van der Waals surface area contributed by atoms with E-state index in [1.165, 1.54) is 6.92 Å². The maximum atomic E-state index is 12.5. The number of benzene rings is 2. The van der Waals surface area contributed by atoms with Crippen molar-refractivity contribution >= 4 is 28.6 Å². The van der Waals surface area contributed by atoms with Crippen LogP contribution >= 0.6 is 0 Å². The minimum Gasteiger partial charge on any atom is -0.497 e. The highest BCUT2D eigenvalue weighted by atomic mass is 16.5. The number of aromatic nitrogens is 1. The summed E-state index contributed by atoms with van der Waals surface area (Å²) in [5.74, 6) is 0.186. The Kier molecular flexibility index (Phi) is 8.63. The van der Waals surface area contributed by atoms with Crippen molar-refractivity contribution in [2.45, 2.75) is 26.3 Å². The molecule has 9 heteroatoms. The van der Waals surface area contributed by atoms with Gasteiger partial charge in [-0.05, 0) is 48.2 Å². The molecule has 2 aromatic carbocycles. The third-order valence-corrected chi connectivity index (χ3v) is 5.07. The van der Waals surface area contributed by atoms with Crippen LogP contribution in [0.4, 0.5) is 0 Å². The lowest BCUT2D eigenvalue weighted by molar-refractivity contribution is -0.122. The lowest BCUT2D eigenvalue weighted by atomic mass is 10.1. The van der Waals surface area contributed by atoms with Gasteiger partial charge in [-0.25, -0.2) is 0 Å². The van der Waals surface area contributed by atoms with Crippen molar-refractivity contribution in [3.8, 4) is 11.8 Å². The number of amides is 3. The molecule has 0 spiro atoms. The molecule has 0 aliphatic heterocycles. The number of nitrogens with one attached hydrogen (secondary N) is 3. The van der Waals surface area contributed by atoms with Crippen molar-refractivity contribution in [2.75, 3.05) is 20.2 Å². The van der Waals surface area contributed by atoms with Gasteiger partial charge in [-0.15, -0.1) is 0 Å². The van der Waals surface area contributed by atoms with Crippen molar-refractivity contribution in [3.05, 3.63) is 70.8 Å². The Labute approximate surface area is 197 Å². The topological polar surface area (TPSA) is 106 Å². The molecule has 1 heterocycles. The summed E-state index contributed by atoms with van der Waals surface area (Å²) in [7, 11) is 1.58.